The molecular weight excluding hydrogens is 437 g/mol. The van der Waals surface area contributed by atoms with E-state index in [1.165, 1.54) is 38.4 Å². The molecule has 1 saturated carbocycles. The summed E-state index contributed by atoms with van der Waals surface area (Å²) in [5.41, 5.74) is 0. The summed E-state index contributed by atoms with van der Waals surface area (Å²) >= 11 is 0. The van der Waals surface area contributed by atoms with Crippen LogP contribution in [0, 0.1) is 11.8 Å². The average Bonchev–Trinajstić information content (AvgIpc) is 2.51. The second-order valence-electron chi connectivity index (χ2n) is 6.98. The number of sulfone groups is 1. The second kappa shape index (κ2) is 12.3. The second-order valence-corrected chi connectivity index (χ2v) is 9.24. The number of nitrogens with zero attached hydrogens (tertiary/aromatic N) is 1. The van der Waals surface area contributed by atoms with Crippen LogP contribution in [-0.2, 0) is 9.84 Å². The molecule has 0 saturated heterocycles. The minimum atomic E-state index is -2.90. The smallest absolute Gasteiger partial charge is 0.191 e. The molecule has 1 atom stereocenters. The molecule has 0 aromatic rings. The van der Waals surface area contributed by atoms with Gasteiger partial charge in [0.2, 0.25) is 0 Å². The third kappa shape index (κ3) is 10.7. The maximum atomic E-state index is 11.3. The monoisotopic (exact) mass is 473 g/mol. The van der Waals surface area contributed by atoms with Gasteiger partial charge in [-0.15, -0.1) is 24.0 Å². The van der Waals surface area contributed by atoms with Crippen molar-refractivity contribution in [2.75, 3.05) is 25.1 Å². The quantitative estimate of drug-likeness (QED) is 0.323. The van der Waals surface area contributed by atoms with Crippen molar-refractivity contribution >= 4 is 39.8 Å². The first kappa shape index (κ1) is 23.9. The van der Waals surface area contributed by atoms with Crippen molar-refractivity contribution in [3.63, 3.8) is 0 Å². The van der Waals surface area contributed by atoms with Crippen molar-refractivity contribution in [1.82, 2.24) is 10.6 Å². The first-order valence-electron chi connectivity index (χ1n) is 9.06. The lowest BCUT2D eigenvalue weighted by atomic mass is 9.81. The molecule has 144 valence electrons. The largest absolute Gasteiger partial charge is 0.357 e. The molecule has 0 heterocycles. The summed E-state index contributed by atoms with van der Waals surface area (Å²) in [5, 5.41) is 6.58. The van der Waals surface area contributed by atoms with E-state index in [2.05, 4.69) is 17.6 Å². The van der Waals surface area contributed by atoms with E-state index in [1.54, 1.807) is 0 Å². The Morgan fingerprint density at radius 1 is 1.17 bits per heavy atom. The van der Waals surface area contributed by atoms with Crippen LogP contribution in [0.15, 0.2) is 4.99 Å². The lowest BCUT2D eigenvalue weighted by Gasteiger charge is -2.27. The van der Waals surface area contributed by atoms with Gasteiger partial charge in [-0.1, -0.05) is 26.2 Å². The van der Waals surface area contributed by atoms with Crippen LogP contribution in [0.3, 0.4) is 0 Å². The molecule has 0 amide bonds. The molecule has 1 aliphatic rings. The van der Waals surface area contributed by atoms with Crippen LogP contribution in [0.4, 0.5) is 0 Å². The fourth-order valence-corrected chi connectivity index (χ4v) is 3.84. The molecule has 1 aliphatic carbocycles. The normalized spacial score (nSPS) is 23.2. The van der Waals surface area contributed by atoms with Crippen LogP contribution in [0.5, 0.6) is 0 Å². The van der Waals surface area contributed by atoms with Crippen molar-refractivity contribution in [2.45, 2.75) is 65.3 Å². The Bertz CT molecular complexity index is 460. The highest BCUT2D eigenvalue weighted by Crippen LogP contribution is 2.30. The molecule has 0 aliphatic heterocycles. The number of hydrogen-bond acceptors (Lipinski definition) is 3. The predicted molar refractivity (Wildman–Crippen MR) is 114 cm³/mol. The van der Waals surface area contributed by atoms with E-state index in [-0.39, 0.29) is 35.8 Å². The summed E-state index contributed by atoms with van der Waals surface area (Å²) < 4.78 is 22.5. The van der Waals surface area contributed by atoms with Gasteiger partial charge in [-0.05, 0) is 44.9 Å². The number of nitrogens with one attached hydrogen (secondary N) is 2. The standard InChI is InChI=1S/C17H35N3O2S.HI/c1-5-15-7-9-16(10-8-15)13-19-17(18-6-2)20-14(3)11-12-23(4,21)22;/h14-16H,5-13H2,1-4H3,(H2,18,19,20);1H. The lowest BCUT2D eigenvalue weighted by molar-refractivity contribution is 0.274. The van der Waals surface area contributed by atoms with Crippen LogP contribution in [0.2, 0.25) is 0 Å². The molecule has 0 radical (unpaired) electrons. The zero-order valence-corrected chi connectivity index (χ0v) is 18.8. The Morgan fingerprint density at radius 3 is 2.25 bits per heavy atom. The van der Waals surface area contributed by atoms with E-state index in [0.29, 0.717) is 12.3 Å². The van der Waals surface area contributed by atoms with Crippen LogP contribution >= 0.6 is 24.0 Å². The maximum Gasteiger partial charge on any atom is 0.191 e. The van der Waals surface area contributed by atoms with Gasteiger partial charge in [-0.3, -0.25) is 4.99 Å². The van der Waals surface area contributed by atoms with Gasteiger partial charge < -0.3 is 10.6 Å². The Labute approximate surface area is 165 Å². The Morgan fingerprint density at radius 2 is 1.75 bits per heavy atom. The fourth-order valence-electron chi connectivity index (χ4n) is 3.06. The molecule has 0 bridgehead atoms. The highest BCUT2D eigenvalue weighted by molar-refractivity contribution is 14.0. The summed E-state index contributed by atoms with van der Waals surface area (Å²) in [4.78, 5) is 4.72. The average molecular weight is 473 g/mol. The van der Waals surface area contributed by atoms with Gasteiger partial charge in [-0.25, -0.2) is 8.42 Å². The lowest BCUT2D eigenvalue weighted by Crippen LogP contribution is -2.43. The van der Waals surface area contributed by atoms with Gasteiger partial charge in [0.05, 0.1) is 5.75 Å². The van der Waals surface area contributed by atoms with Gasteiger partial charge in [0, 0.05) is 25.4 Å². The molecule has 1 rings (SSSR count). The molecule has 1 fully saturated rings. The summed E-state index contributed by atoms with van der Waals surface area (Å²) in [5.74, 6) is 2.63. The Kier molecular flexibility index (Phi) is 12.3. The zero-order valence-electron chi connectivity index (χ0n) is 15.7. The van der Waals surface area contributed by atoms with E-state index >= 15 is 0 Å². The Hall–Kier alpha value is -0.0500. The fraction of sp³-hybridized carbons (Fsp3) is 0.941. The van der Waals surface area contributed by atoms with E-state index in [9.17, 15) is 8.42 Å². The van der Waals surface area contributed by atoms with Gasteiger partial charge in [-0.2, -0.15) is 0 Å². The number of aliphatic imine (C=N–C) groups is 1. The minimum absolute atomic E-state index is 0. The van der Waals surface area contributed by atoms with E-state index in [0.717, 1.165) is 25.0 Å². The number of guanidine groups is 1. The van der Waals surface area contributed by atoms with E-state index in [4.69, 9.17) is 4.99 Å². The molecule has 0 spiro atoms. The van der Waals surface area contributed by atoms with Gasteiger partial charge in [0.1, 0.15) is 9.84 Å². The number of hydrogen-bond donors (Lipinski definition) is 2. The van der Waals surface area contributed by atoms with Crippen molar-refractivity contribution in [3.05, 3.63) is 0 Å². The van der Waals surface area contributed by atoms with Crippen LogP contribution in [0.25, 0.3) is 0 Å². The van der Waals surface area contributed by atoms with E-state index < -0.39 is 9.84 Å². The van der Waals surface area contributed by atoms with Gasteiger partial charge in [0.15, 0.2) is 5.96 Å². The van der Waals surface area contributed by atoms with Crippen molar-refractivity contribution < 1.29 is 8.42 Å². The molecule has 24 heavy (non-hydrogen) atoms. The molecule has 1 unspecified atom stereocenters. The first-order chi connectivity index (χ1) is 10.8. The SMILES string of the molecule is CCNC(=NCC1CCC(CC)CC1)NC(C)CCS(C)(=O)=O.I. The predicted octanol–water partition coefficient (Wildman–Crippen LogP) is 3.20. The van der Waals surface area contributed by atoms with Crippen LogP contribution in [0.1, 0.15) is 59.3 Å². The molecule has 5 nitrogen and oxygen atoms in total. The van der Waals surface area contributed by atoms with Crippen LogP contribution in [-0.4, -0.2) is 45.5 Å². The highest BCUT2D eigenvalue weighted by Gasteiger charge is 2.19. The van der Waals surface area contributed by atoms with Gasteiger partial charge in [0.25, 0.3) is 0 Å². The molecule has 7 heteroatoms. The molecule has 0 aromatic carbocycles. The highest BCUT2D eigenvalue weighted by atomic mass is 127. The van der Waals surface area contributed by atoms with Crippen molar-refractivity contribution in [3.8, 4) is 0 Å². The summed E-state index contributed by atoms with van der Waals surface area (Å²) in [6.07, 6.45) is 8.43. The number of halogens is 1. The molecule has 2 N–H and O–H groups in total. The maximum absolute atomic E-state index is 11.3. The third-order valence-electron chi connectivity index (χ3n) is 4.70. The number of rotatable bonds is 8. The third-order valence-corrected chi connectivity index (χ3v) is 5.68. The summed E-state index contributed by atoms with van der Waals surface area (Å²) in [7, 11) is -2.90. The first-order valence-corrected chi connectivity index (χ1v) is 11.1. The van der Waals surface area contributed by atoms with Crippen molar-refractivity contribution in [2.24, 2.45) is 16.8 Å². The molecule has 0 aromatic heterocycles. The van der Waals surface area contributed by atoms with E-state index in [1.807, 2.05) is 13.8 Å². The molecular formula is C17H36IN3O2S. The Balaban J connectivity index is 0.00000529. The summed E-state index contributed by atoms with van der Waals surface area (Å²) in [6, 6.07) is 0.0957. The summed E-state index contributed by atoms with van der Waals surface area (Å²) in [6.45, 7) is 8.02. The van der Waals surface area contributed by atoms with Gasteiger partial charge >= 0.3 is 0 Å². The minimum Gasteiger partial charge on any atom is -0.357 e. The van der Waals surface area contributed by atoms with Crippen LogP contribution < -0.4 is 10.6 Å². The van der Waals surface area contributed by atoms with Crippen molar-refractivity contribution in [1.29, 1.82) is 0 Å². The zero-order chi connectivity index (χ0) is 17.3. The topological polar surface area (TPSA) is 70.6 Å².